The number of esters is 1. The third-order valence-electron chi connectivity index (χ3n) is 4.85. The van der Waals surface area contributed by atoms with Crippen molar-refractivity contribution in [1.82, 2.24) is 9.80 Å². The number of amidine groups is 1. The average Bonchev–Trinajstić information content (AvgIpc) is 2.80. The lowest BCUT2D eigenvalue weighted by atomic mass is 9.87. The second kappa shape index (κ2) is 8.10. The van der Waals surface area contributed by atoms with Gasteiger partial charge in [0.05, 0.1) is 13.2 Å². The molecule has 0 N–H and O–H groups in total. The average molecular weight is 337 g/mol. The van der Waals surface area contributed by atoms with Crippen molar-refractivity contribution in [2.75, 3.05) is 26.2 Å². The maximum Gasteiger partial charge on any atom is 0.320 e. The molecule has 0 saturated carbocycles. The number of hydrogen-bond donors (Lipinski definition) is 0. The van der Waals surface area contributed by atoms with Crippen molar-refractivity contribution in [1.29, 1.82) is 0 Å². The molecule has 6 nitrogen and oxygen atoms in total. The summed E-state index contributed by atoms with van der Waals surface area (Å²) >= 11 is 0. The smallest absolute Gasteiger partial charge is 0.320 e. The SMILES string of the molecule is CCCCC1=NC2(CCN(CC(=O)OCC)CC2)C(=O)N1C(C)C. The molecular formula is C18H31N3O3. The van der Waals surface area contributed by atoms with E-state index in [1.807, 2.05) is 25.7 Å². The van der Waals surface area contributed by atoms with Crippen molar-refractivity contribution >= 4 is 17.7 Å². The fraction of sp³-hybridized carbons (Fsp3) is 0.833. The van der Waals surface area contributed by atoms with Crippen molar-refractivity contribution in [2.45, 2.75) is 71.4 Å². The Morgan fingerprint density at radius 2 is 1.96 bits per heavy atom. The molecule has 2 aliphatic heterocycles. The van der Waals surface area contributed by atoms with Gasteiger partial charge in [-0.2, -0.15) is 0 Å². The number of ether oxygens (including phenoxy) is 1. The van der Waals surface area contributed by atoms with Gasteiger partial charge in [-0.25, -0.2) is 0 Å². The molecule has 1 saturated heterocycles. The van der Waals surface area contributed by atoms with Crippen molar-refractivity contribution in [3.63, 3.8) is 0 Å². The predicted molar refractivity (Wildman–Crippen MR) is 94.0 cm³/mol. The van der Waals surface area contributed by atoms with Crippen molar-refractivity contribution in [3.05, 3.63) is 0 Å². The van der Waals surface area contributed by atoms with E-state index in [-0.39, 0.29) is 17.9 Å². The quantitative estimate of drug-likeness (QED) is 0.668. The van der Waals surface area contributed by atoms with Crippen molar-refractivity contribution < 1.29 is 14.3 Å². The van der Waals surface area contributed by atoms with Crippen molar-refractivity contribution in [2.24, 2.45) is 4.99 Å². The van der Waals surface area contributed by atoms with E-state index >= 15 is 0 Å². The van der Waals surface area contributed by atoms with Crippen LogP contribution < -0.4 is 0 Å². The van der Waals surface area contributed by atoms with E-state index in [2.05, 4.69) is 11.8 Å². The maximum absolute atomic E-state index is 13.0. The Balaban J connectivity index is 2.04. The Bertz CT molecular complexity index is 494. The molecule has 1 spiro atoms. The molecule has 0 radical (unpaired) electrons. The topological polar surface area (TPSA) is 62.2 Å². The van der Waals surface area contributed by atoms with Gasteiger partial charge >= 0.3 is 5.97 Å². The molecule has 0 atom stereocenters. The normalized spacial score (nSPS) is 20.8. The number of likely N-dealkylation sites (tertiary alicyclic amines) is 1. The highest BCUT2D eigenvalue weighted by Crippen LogP contribution is 2.35. The summed E-state index contributed by atoms with van der Waals surface area (Å²) < 4.78 is 5.01. The van der Waals surface area contributed by atoms with Crippen LogP contribution in [0, 0.1) is 0 Å². The molecule has 1 amide bonds. The van der Waals surface area contributed by atoms with Crippen LogP contribution in [0.4, 0.5) is 0 Å². The third-order valence-corrected chi connectivity index (χ3v) is 4.85. The maximum atomic E-state index is 13.0. The number of hydrogen-bond acceptors (Lipinski definition) is 5. The lowest BCUT2D eigenvalue weighted by Crippen LogP contribution is -2.52. The highest BCUT2D eigenvalue weighted by Gasteiger charge is 2.50. The fourth-order valence-electron chi connectivity index (χ4n) is 3.53. The molecule has 0 unspecified atom stereocenters. The number of piperidine rings is 1. The molecule has 0 aromatic rings. The first-order valence-electron chi connectivity index (χ1n) is 9.24. The predicted octanol–water partition coefficient (Wildman–Crippen LogP) is 2.22. The zero-order valence-electron chi connectivity index (χ0n) is 15.5. The lowest BCUT2D eigenvalue weighted by molar-refractivity contribution is -0.145. The molecule has 2 aliphatic rings. The van der Waals surface area contributed by atoms with Crippen LogP contribution in [0.3, 0.4) is 0 Å². The monoisotopic (exact) mass is 337 g/mol. The summed E-state index contributed by atoms with van der Waals surface area (Å²) in [7, 11) is 0. The zero-order chi connectivity index (χ0) is 17.7. The van der Waals surface area contributed by atoms with Gasteiger partial charge in [-0.05, 0) is 40.0 Å². The zero-order valence-corrected chi connectivity index (χ0v) is 15.5. The molecule has 2 heterocycles. The molecule has 136 valence electrons. The minimum atomic E-state index is -0.599. The summed E-state index contributed by atoms with van der Waals surface area (Å²) in [6, 6.07) is 0.144. The lowest BCUT2D eigenvalue weighted by Gasteiger charge is -2.36. The van der Waals surface area contributed by atoms with Crippen LogP contribution in [0.25, 0.3) is 0 Å². The van der Waals surface area contributed by atoms with Gasteiger partial charge in [-0.1, -0.05) is 13.3 Å². The minimum absolute atomic E-state index is 0.144. The Kier molecular flexibility index (Phi) is 6.38. The molecule has 1 fully saturated rings. The summed E-state index contributed by atoms with van der Waals surface area (Å²) in [5.74, 6) is 0.914. The third kappa shape index (κ3) is 3.97. The summed E-state index contributed by atoms with van der Waals surface area (Å²) in [5.41, 5.74) is -0.599. The first-order valence-corrected chi connectivity index (χ1v) is 9.24. The first-order chi connectivity index (χ1) is 11.4. The van der Waals surface area contributed by atoms with Gasteiger partial charge in [0.15, 0.2) is 0 Å². The molecular weight excluding hydrogens is 306 g/mol. The minimum Gasteiger partial charge on any atom is -0.465 e. The summed E-state index contributed by atoms with van der Waals surface area (Å²) in [4.78, 5) is 33.5. The van der Waals surface area contributed by atoms with E-state index in [0.717, 1.165) is 25.1 Å². The van der Waals surface area contributed by atoms with E-state index in [9.17, 15) is 9.59 Å². The van der Waals surface area contributed by atoms with Crippen LogP contribution in [-0.2, 0) is 14.3 Å². The van der Waals surface area contributed by atoms with Gasteiger partial charge < -0.3 is 4.74 Å². The van der Waals surface area contributed by atoms with Gasteiger partial charge in [0, 0.05) is 25.6 Å². The van der Waals surface area contributed by atoms with Gasteiger partial charge in [0.2, 0.25) is 0 Å². The van der Waals surface area contributed by atoms with Crippen LogP contribution in [0.5, 0.6) is 0 Å². The summed E-state index contributed by atoms with van der Waals surface area (Å²) in [6.45, 7) is 10.2. The molecule has 0 aliphatic carbocycles. The number of amides is 1. The Morgan fingerprint density at radius 3 is 2.50 bits per heavy atom. The largest absolute Gasteiger partial charge is 0.465 e. The van der Waals surface area contributed by atoms with E-state index in [1.54, 1.807) is 0 Å². The number of rotatable bonds is 7. The fourth-order valence-corrected chi connectivity index (χ4v) is 3.53. The highest BCUT2D eigenvalue weighted by molar-refractivity contribution is 6.08. The second-order valence-electron chi connectivity index (χ2n) is 7.01. The van der Waals surface area contributed by atoms with Crippen LogP contribution >= 0.6 is 0 Å². The van der Waals surface area contributed by atoms with Gasteiger partial charge in [-0.3, -0.25) is 24.4 Å². The van der Waals surface area contributed by atoms with E-state index in [4.69, 9.17) is 9.73 Å². The van der Waals surface area contributed by atoms with Crippen molar-refractivity contribution in [3.8, 4) is 0 Å². The Labute approximate surface area is 145 Å². The number of nitrogens with zero attached hydrogens (tertiary/aromatic N) is 3. The van der Waals surface area contributed by atoms with E-state index in [1.165, 1.54) is 0 Å². The standard InChI is InChI=1S/C18H31N3O3/c1-5-7-8-15-19-18(17(23)21(15)14(3)4)9-11-20(12-10-18)13-16(22)24-6-2/h14H,5-13H2,1-4H3. The van der Waals surface area contributed by atoms with Crippen LogP contribution in [0.15, 0.2) is 4.99 Å². The molecule has 6 heteroatoms. The summed E-state index contributed by atoms with van der Waals surface area (Å²) in [6.07, 6.45) is 4.39. The summed E-state index contributed by atoms with van der Waals surface area (Å²) in [5, 5.41) is 0. The van der Waals surface area contributed by atoms with E-state index < -0.39 is 5.54 Å². The first kappa shape index (κ1) is 18.9. The number of unbranched alkanes of at least 4 members (excludes halogenated alkanes) is 1. The Morgan fingerprint density at radius 1 is 1.29 bits per heavy atom. The number of carbonyl (C=O) groups excluding carboxylic acids is 2. The highest BCUT2D eigenvalue weighted by atomic mass is 16.5. The number of aliphatic imine (C=N–C) groups is 1. The molecule has 0 bridgehead atoms. The van der Waals surface area contributed by atoms with E-state index in [0.29, 0.717) is 39.1 Å². The second-order valence-corrected chi connectivity index (χ2v) is 7.01. The van der Waals surface area contributed by atoms with Gasteiger partial charge in [-0.15, -0.1) is 0 Å². The number of carbonyl (C=O) groups is 2. The van der Waals surface area contributed by atoms with Crippen LogP contribution in [-0.4, -0.2) is 65.3 Å². The molecule has 0 aromatic carbocycles. The van der Waals surface area contributed by atoms with Crippen LogP contribution in [0.1, 0.15) is 59.8 Å². The van der Waals surface area contributed by atoms with Gasteiger partial charge in [0.25, 0.3) is 5.91 Å². The van der Waals surface area contributed by atoms with Crippen LogP contribution in [0.2, 0.25) is 0 Å². The van der Waals surface area contributed by atoms with Gasteiger partial charge in [0.1, 0.15) is 11.4 Å². The molecule has 0 aromatic heterocycles. The molecule has 2 rings (SSSR count). The Hall–Kier alpha value is -1.43. The molecule has 24 heavy (non-hydrogen) atoms.